The maximum absolute atomic E-state index is 12.4. The van der Waals surface area contributed by atoms with E-state index in [1.54, 1.807) is 24.3 Å². The Morgan fingerprint density at radius 2 is 2.10 bits per heavy atom. The van der Waals surface area contributed by atoms with Crippen LogP contribution >= 0.6 is 11.8 Å². The fourth-order valence-corrected chi connectivity index (χ4v) is 4.04. The van der Waals surface area contributed by atoms with Gasteiger partial charge in [0.25, 0.3) is 5.56 Å². The van der Waals surface area contributed by atoms with Crippen LogP contribution in [0.4, 0.5) is 0 Å². The summed E-state index contributed by atoms with van der Waals surface area (Å²) in [6.07, 6.45) is 2.82. The lowest BCUT2D eigenvalue weighted by Crippen LogP contribution is -2.23. The van der Waals surface area contributed by atoms with Gasteiger partial charge in [-0.15, -0.1) is 6.58 Å². The summed E-state index contributed by atoms with van der Waals surface area (Å²) in [5, 5.41) is 1.06. The van der Waals surface area contributed by atoms with Crippen molar-refractivity contribution in [2.24, 2.45) is 0 Å². The molecule has 0 amide bonds. The van der Waals surface area contributed by atoms with Crippen molar-refractivity contribution in [2.45, 2.75) is 11.7 Å². The zero-order valence-corrected chi connectivity index (χ0v) is 13.3. The van der Waals surface area contributed by atoms with Gasteiger partial charge in [-0.1, -0.05) is 30.0 Å². The third-order valence-corrected chi connectivity index (χ3v) is 5.01. The van der Waals surface area contributed by atoms with Crippen LogP contribution in [0.3, 0.4) is 0 Å². The predicted octanol–water partition coefficient (Wildman–Crippen LogP) is 1.72. The van der Waals surface area contributed by atoms with Gasteiger partial charge in [-0.05, 0) is 12.1 Å². The summed E-state index contributed by atoms with van der Waals surface area (Å²) in [7, 11) is -3.03. The second-order valence-corrected chi connectivity index (χ2v) is 7.92. The van der Waals surface area contributed by atoms with Crippen LogP contribution in [0.15, 0.2) is 46.9 Å². The van der Waals surface area contributed by atoms with Gasteiger partial charge in [0.2, 0.25) is 0 Å². The number of hydrogen-bond donors (Lipinski definition) is 0. The first-order valence-electron chi connectivity index (χ1n) is 6.33. The molecular weight excluding hydrogens is 308 g/mol. The maximum atomic E-state index is 12.4. The molecule has 0 fully saturated rings. The Hall–Kier alpha value is -1.60. The number of sulfone groups is 1. The van der Waals surface area contributed by atoms with Crippen molar-refractivity contribution >= 4 is 32.5 Å². The molecule has 0 saturated carbocycles. The van der Waals surface area contributed by atoms with E-state index >= 15 is 0 Å². The molecule has 0 unspecified atom stereocenters. The van der Waals surface area contributed by atoms with Gasteiger partial charge in [0.1, 0.15) is 9.84 Å². The highest BCUT2D eigenvalue weighted by atomic mass is 32.2. The van der Waals surface area contributed by atoms with Gasteiger partial charge in [-0.3, -0.25) is 9.36 Å². The Morgan fingerprint density at radius 3 is 2.76 bits per heavy atom. The van der Waals surface area contributed by atoms with Crippen LogP contribution in [0.2, 0.25) is 0 Å². The van der Waals surface area contributed by atoms with Gasteiger partial charge in [-0.25, -0.2) is 13.4 Å². The minimum Gasteiger partial charge on any atom is -0.283 e. The van der Waals surface area contributed by atoms with E-state index in [0.29, 0.717) is 28.4 Å². The molecule has 0 aliphatic heterocycles. The van der Waals surface area contributed by atoms with Crippen LogP contribution < -0.4 is 5.56 Å². The van der Waals surface area contributed by atoms with Crippen molar-refractivity contribution in [2.75, 3.05) is 17.8 Å². The number of allylic oxidation sites excluding steroid dienone is 1. The van der Waals surface area contributed by atoms with Gasteiger partial charge in [-0.2, -0.15) is 0 Å². The van der Waals surface area contributed by atoms with Gasteiger partial charge >= 0.3 is 0 Å². The van der Waals surface area contributed by atoms with Gasteiger partial charge in [0, 0.05) is 18.6 Å². The zero-order valence-electron chi connectivity index (χ0n) is 11.7. The van der Waals surface area contributed by atoms with E-state index in [1.807, 2.05) is 6.07 Å². The van der Waals surface area contributed by atoms with E-state index in [0.717, 1.165) is 0 Å². The van der Waals surface area contributed by atoms with Gasteiger partial charge in [0.15, 0.2) is 5.16 Å². The first-order chi connectivity index (χ1) is 9.92. The van der Waals surface area contributed by atoms with Gasteiger partial charge in [0.05, 0.1) is 16.7 Å². The molecule has 1 heterocycles. The maximum Gasteiger partial charge on any atom is 0.262 e. The molecule has 0 saturated heterocycles. The summed E-state index contributed by atoms with van der Waals surface area (Å²) >= 11 is 1.27. The molecule has 0 aliphatic rings. The van der Waals surface area contributed by atoms with Crippen LogP contribution in [0.25, 0.3) is 10.9 Å². The number of fused-ring (bicyclic) bond motifs is 1. The molecule has 112 valence electrons. The first kappa shape index (κ1) is 15.8. The van der Waals surface area contributed by atoms with E-state index in [9.17, 15) is 13.2 Å². The summed E-state index contributed by atoms with van der Waals surface area (Å²) in [6, 6.07) is 7.11. The molecule has 0 radical (unpaired) electrons. The Balaban J connectivity index is 2.43. The summed E-state index contributed by atoms with van der Waals surface area (Å²) in [6.45, 7) is 3.99. The molecule has 1 aromatic carbocycles. The van der Waals surface area contributed by atoms with Gasteiger partial charge < -0.3 is 0 Å². The number of thioether (sulfide) groups is 1. The van der Waals surface area contributed by atoms with Crippen LogP contribution in [-0.4, -0.2) is 35.7 Å². The Kier molecular flexibility index (Phi) is 4.84. The fourth-order valence-electron chi connectivity index (χ4n) is 1.83. The monoisotopic (exact) mass is 324 g/mol. The van der Waals surface area contributed by atoms with Crippen LogP contribution in [0.1, 0.15) is 0 Å². The summed E-state index contributed by atoms with van der Waals surface area (Å²) in [4.78, 5) is 16.9. The van der Waals surface area contributed by atoms with Crippen LogP contribution in [-0.2, 0) is 16.4 Å². The fraction of sp³-hybridized carbons (Fsp3) is 0.286. The quantitative estimate of drug-likeness (QED) is 0.460. The number of benzene rings is 1. The smallest absolute Gasteiger partial charge is 0.262 e. The van der Waals surface area contributed by atoms with Crippen molar-refractivity contribution < 1.29 is 8.42 Å². The van der Waals surface area contributed by atoms with Crippen molar-refractivity contribution in [3.05, 3.63) is 47.3 Å². The molecule has 7 heteroatoms. The third kappa shape index (κ3) is 3.95. The molecule has 0 N–H and O–H groups in total. The number of rotatable bonds is 6. The topological polar surface area (TPSA) is 69.0 Å². The minimum atomic E-state index is -3.03. The predicted molar refractivity (Wildman–Crippen MR) is 86.6 cm³/mol. The van der Waals surface area contributed by atoms with E-state index in [4.69, 9.17) is 0 Å². The zero-order chi connectivity index (χ0) is 15.5. The normalized spacial score (nSPS) is 11.7. The van der Waals surface area contributed by atoms with E-state index < -0.39 is 9.84 Å². The molecule has 2 aromatic rings. The highest BCUT2D eigenvalue weighted by Crippen LogP contribution is 2.18. The second-order valence-electron chi connectivity index (χ2n) is 4.59. The first-order valence-corrected chi connectivity index (χ1v) is 9.38. The average Bonchev–Trinajstić information content (AvgIpc) is 2.41. The van der Waals surface area contributed by atoms with Crippen molar-refractivity contribution in [1.82, 2.24) is 9.55 Å². The van der Waals surface area contributed by atoms with E-state index in [2.05, 4.69) is 11.6 Å². The number of nitrogens with zero attached hydrogens (tertiary/aromatic N) is 2. The number of aromatic nitrogens is 2. The Morgan fingerprint density at radius 1 is 1.38 bits per heavy atom. The highest BCUT2D eigenvalue weighted by molar-refractivity contribution is 8.00. The highest BCUT2D eigenvalue weighted by Gasteiger charge is 2.11. The SMILES string of the molecule is C=CCn1c(SCCS(C)(=O)=O)nc2ccccc2c1=O. The lowest BCUT2D eigenvalue weighted by molar-refractivity contribution is 0.603. The molecule has 21 heavy (non-hydrogen) atoms. The molecule has 2 rings (SSSR count). The lowest BCUT2D eigenvalue weighted by Gasteiger charge is -2.11. The lowest BCUT2D eigenvalue weighted by atomic mass is 10.2. The van der Waals surface area contributed by atoms with Crippen LogP contribution in [0.5, 0.6) is 0 Å². The number of para-hydroxylation sites is 1. The molecular formula is C14H16N2O3S2. The molecule has 0 aliphatic carbocycles. The summed E-state index contributed by atoms with van der Waals surface area (Å²) in [5.74, 6) is 0.412. The molecule has 0 atom stereocenters. The minimum absolute atomic E-state index is 0.0501. The standard InChI is InChI=1S/C14H16N2O3S2/c1-3-8-16-13(17)11-6-4-5-7-12(11)15-14(16)20-9-10-21(2,18)19/h3-7H,1,8-10H2,2H3. The second kappa shape index (κ2) is 6.44. The van der Waals surface area contributed by atoms with Crippen molar-refractivity contribution in [3.8, 4) is 0 Å². The summed E-state index contributed by atoms with van der Waals surface area (Å²) in [5.41, 5.74) is 0.479. The summed E-state index contributed by atoms with van der Waals surface area (Å²) < 4.78 is 23.9. The average molecular weight is 324 g/mol. The van der Waals surface area contributed by atoms with E-state index in [1.165, 1.54) is 22.6 Å². The molecule has 1 aromatic heterocycles. The van der Waals surface area contributed by atoms with E-state index in [-0.39, 0.29) is 11.3 Å². The molecule has 0 bridgehead atoms. The van der Waals surface area contributed by atoms with Crippen molar-refractivity contribution in [1.29, 1.82) is 0 Å². The Labute approximate surface area is 127 Å². The Bertz CT molecular complexity index is 826. The van der Waals surface area contributed by atoms with Crippen LogP contribution in [0, 0.1) is 0 Å². The van der Waals surface area contributed by atoms with Crippen molar-refractivity contribution in [3.63, 3.8) is 0 Å². The largest absolute Gasteiger partial charge is 0.283 e. The number of hydrogen-bond acceptors (Lipinski definition) is 5. The molecule has 5 nitrogen and oxygen atoms in total. The molecule has 0 spiro atoms. The third-order valence-electron chi connectivity index (χ3n) is 2.82.